The summed E-state index contributed by atoms with van der Waals surface area (Å²) in [5.41, 5.74) is 7.12. The number of nitrogens with one attached hydrogen (secondary N) is 1. The number of aromatic carboxylic acids is 1. The Morgan fingerprint density at radius 3 is 2.50 bits per heavy atom. The molecule has 0 fully saturated rings. The van der Waals surface area contributed by atoms with Crippen LogP contribution in [0.2, 0.25) is 10.0 Å². The molecule has 104 valence electrons. The lowest BCUT2D eigenvalue weighted by molar-refractivity contribution is 0.0698. The molecule has 0 heterocycles. The van der Waals surface area contributed by atoms with Gasteiger partial charge < -0.3 is 16.2 Å². The Bertz CT molecular complexity index is 692. The van der Waals surface area contributed by atoms with E-state index in [0.29, 0.717) is 25.9 Å². The Morgan fingerprint density at radius 1 is 1.20 bits per heavy atom. The summed E-state index contributed by atoms with van der Waals surface area (Å²) in [6.07, 6.45) is 0. The van der Waals surface area contributed by atoms with Crippen molar-refractivity contribution in [2.75, 3.05) is 11.1 Å². The van der Waals surface area contributed by atoms with E-state index in [-0.39, 0.29) is 11.3 Å². The van der Waals surface area contributed by atoms with Crippen molar-refractivity contribution in [2.24, 2.45) is 0 Å². The van der Waals surface area contributed by atoms with E-state index >= 15 is 0 Å². The standard InChI is InChI=1S/C13H9BrCl2N2O2/c14-8-3-4-10(12(16)11(8)15)18-6-1-2-7(13(19)20)9(17)5-6/h1-5,18H,17H2,(H,19,20). The number of carboxylic acids is 1. The van der Waals surface area contributed by atoms with Crippen LogP contribution in [-0.2, 0) is 0 Å². The summed E-state index contributed by atoms with van der Waals surface area (Å²) in [4.78, 5) is 10.9. The Balaban J connectivity index is 2.34. The summed E-state index contributed by atoms with van der Waals surface area (Å²) in [6, 6.07) is 8.06. The minimum absolute atomic E-state index is 0.0514. The molecule has 4 nitrogen and oxygen atoms in total. The topological polar surface area (TPSA) is 75.3 Å². The first-order valence-electron chi connectivity index (χ1n) is 5.43. The number of anilines is 3. The van der Waals surface area contributed by atoms with Crippen LogP contribution in [0.3, 0.4) is 0 Å². The second-order valence-corrected chi connectivity index (χ2v) is 5.57. The molecule has 0 aliphatic carbocycles. The maximum atomic E-state index is 10.9. The van der Waals surface area contributed by atoms with E-state index in [1.54, 1.807) is 18.2 Å². The second-order valence-electron chi connectivity index (χ2n) is 3.96. The Hall–Kier alpha value is -1.43. The summed E-state index contributed by atoms with van der Waals surface area (Å²) in [6.45, 7) is 0. The smallest absolute Gasteiger partial charge is 0.337 e. The fourth-order valence-corrected chi connectivity index (χ4v) is 2.43. The van der Waals surface area contributed by atoms with E-state index < -0.39 is 5.97 Å². The van der Waals surface area contributed by atoms with Gasteiger partial charge >= 0.3 is 5.97 Å². The van der Waals surface area contributed by atoms with Gasteiger partial charge in [0.2, 0.25) is 0 Å². The molecule has 0 spiro atoms. The fourth-order valence-electron chi connectivity index (χ4n) is 1.61. The molecule has 2 aromatic carbocycles. The highest BCUT2D eigenvalue weighted by Crippen LogP contribution is 2.37. The third-order valence-electron chi connectivity index (χ3n) is 2.60. The molecule has 0 unspecified atom stereocenters. The van der Waals surface area contributed by atoms with E-state index in [1.165, 1.54) is 12.1 Å². The molecule has 0 saturated carbocycles. The van der Waals surface area contributed by atoms with Crippen molar-refractivity contribution in [3.63, 3.8) is 0 Å². The number of hydrogen-bond donors (Lipinski definition) is 3. The van der Waals surface area contributed by atoms with Crippen molar-refractivity contribution in [3.8, 4) is 0 Å². The molecule has 0 aliphatic rings. The second kappa shape index (κ2) is 5.91. The summed E-state index contributed by atoms with van der Waals surface area (Å²) in [7, 11) is 0. The van der Waals surface area contributed by atoms with Crippen molar-refractivity contribution in [3.05, 3.63) is 50.4 Å². The first-order chi connectivity index (χ1) is 9.40. The minimum Gasteiger partial charge on any atom is -0.478 e. The number of nitrogens with two attached hydrogens (primary N) is 1. The molecular formula is C13H9BrCl2N2O2. The quantitative estimate of drug-likeness (QED) is 0.533. The van der Waals surface area contributed by atoms with E-state index in [2.05, 4.69) is 21.2 Å². The van der Waals surface area contributed by atoms with Crippen LogP contribution in [-0.4, -0.2) is 11.1 Å². The zero-order chi connectivity index (χ0) is 14.9. The molecule has 0 saturated heterocycles. The number of halogens is 3. The maximum absolute atomic E-state index is 10.9. The Labute approximate surface area is 133 Å². The van der Waals surface area contributed by atoms with Gasteiger partial charge in [0.05, 0.1) is 21.3 Å². The van der Waals surface area contributed by atoms with Crippen LogP contribution >= 0.6 is 39.1 Å². The molecule has 2 rings (SSSR count). The first-order valence-corrected chi connectivity index (χ1v) is 6.98. The molecule has 7 heteroatoms. The van der Waals surface area contributed by atoms with Crippen LogP contribution < -0.4 is 11.1 Å². The average Bonchev–Trinajstić information content (AvgIpc) is 2.39. The number of carbonyl (C=O) groups is 1. The molecule has 2 aromatic rings. The van der Waals surface area contributed by atoms with Gasteiger partial charge in [-0.15, -0.1) is 0 Å². The van der Waals surface area contributed by atoms with E-state index in [9.17, 15) is 4.79 Å². The monoisotopic (exact) mass is 374 g/mol. The number of nitrogen functional groups attached to an aromatic ring is 1. The molecule has 0 aromatic heterocycles. The zero-order valence-corrected chi connectivity index (χ0v) is 13.1. The van der Waals surface area contributed by atoms with Gasteiger partial charge in [0.15, 0.2) is 0 Å². The molecule has 0 bridgehead atoms. The summed E-state index contributed by atoms with van der Waals surface area (Å²) < 4.78 is 0.690. The highest BCUT2D eigenvalue weighted by atomic mass is 79.9. The van der Waals surface area contributed by atoms with E-state index in [0.717, 1.165) is 0 Å². The summed E-state index contributed by atoms with van der Waals surface area (Å²) in [5, 5.41) is 12.7. The van der Waals surface area contributed by atoms with E-state index in [4.69, 9.17) is 34.0 Å². The van der Waals surface area contributed by atoms with Gasteiger partial charge in [0, 0.05) is 15.8 Å². The molecule has 0 atom stereocenters. The number of rotatable bonds is 3. The van der Waals surface area contributed by atoms with Crippen LogP contribution in [0.4, 0.5) is 17.1 Å². The van der Waals surface area contributed by atoms with Gasteiger partial charge in [-0.05, 0) is 46.3 Å². The van der Waals surface area contributed by atoms with Crippen molar-refractivity contribution in [2.45, 2.75) is 0 Å². The zero-order valence-electron chi connectivity index (χ0n) is 9.95. The minimum atomic E-state index is -1.07. The van der Waals surface area contributed by atoms with Crippen molar-refractivity contribution < 1.29 is 9.90 Å². The maximum Gasteiger partial charge on any atom is 0.337 e. The molecule has 0 radical (unpaired) electrons. The summed E-state index contributed by atoms with van der Waals surface area (Å²) in [5.74, 6) is -1.07. The third-order valence-corrected chi connectivity index (χ3v) is 4.37. The van der Waals surface area contributed by atoms with Gasteiger partial charge in [-0.1, -0.05) is 23.2 Å². The van der Waals surface area contributed by atoms with Crippen LogP contribution in [0.5, 0.6) is 0 Å². The fraction of sp³-hybridized carbons (Fsp3) is 0. The lowest BCUT2D eigenvalue weighted by atomic mass is 10.1. The Morgan fingerprint density at radius 2 is 1.90 bits per heavy atom. The predicted octanol–water partition coefficient (Wildman–Crippen LogP) is 4.78. The third kappa shape index (κ3) is 3.00. The normalized spacial score (nSPS) is 10.3. The van der Waals surface area contributed by atoms with Crippen LogP contribution in [0.15, 0.2) is 34.8 Å². The number of benzene rings is 2. The van der Waals surface area contributed by atoms with Crippen molar-refractivity contribution in [1.29, 1.82) is 0 Å². The molecule has 20 heavy (non-hydrogen) atoms. The lowest BCUT2D eigenvalue weighted by Gasteiger charge is -2.11. The predicted molar refractivity (Wildman–Crippen MR) is 85.3 cm³/mol. The van der Waals surface area contributed by atoms with Crippen molar-refractivity contribution >= 4 is 62.2 Å². The summed E-state index contributed by atoms with van der Waals surface area (Å²) >= 11 is 15.4. The highest BCUT2D eigenvalue weighted by Gasteiger charge is 2.11. The average molecular weight is 376 g/mol. The van der Waals surface area contributed by atoms with Gasteiger partial charge in [0.1, 0.15) is 0 Å². The molecular weight excluding hydrogens is 367 g/mol. The largest absolute Gasteiger partial charge is 0.478 e. The first kappa shape index (κ1) is 15.0. The van der Waals surface area contributed by atoms with Crippen LogP contribution in [0.25, 0.3) is 0 Å². The Kier molecular flexibility index (Phi) is 4.42. The highest BCUT2D eigenvalue weighted by molar-refractivity contribution is 9.10. The van der Waals surface area contributed by atoms with Gasteiger partial charge in [-0.3, -0.25) is 0 Å². The van der Waals surface area contributed by atoms with Crippen molar-refractivity contribution in [1.82, 2.24) is 0 Å². The van der Waals surface area contributed by atoms with Gasteiger partial charge in [-0.25, -0.2) is 4.79 Å². The number of carboxylic acid groups (broad SMARTS) is 1. The van der Waals surface area contributed by atoms with E-state index in [1.807, 2.05) is 0 Å². The molecule has 0 aliphatic heterocycles. The lowest BCUT2D eigenvalue weighted by Crippen LogP contribution is -2.03. The molecule has 4 N–H and O–H groups in total. The molecule has 0 amide bonds. The van der Waals surface area contributed by atoms with Gasteiger partial charge in [0.25, 0.3) is 0 Å². The van der Waals surface area contributed by atoms with Crippen LogP contribution in [0, 0.1) is 0 Å². The SMILES string of the molecule is Nc1cc(Nc2ccc(Br)c(Cl)c2Cl)ccc1C(=O)O. The number of hydrogen-bond acceptors (Lipinski definition) is 3. The van der Waals surface area contributed by atoms with Gasteiger partial charge in [-0.2, -0.15) is 0 Å². The van der Waals surface area contributed by atoms with Crippen LogP contribution in [0.1, 0.15) is 10.4 Å².